The molecule has 4 nitrogen and oxygen atoms in total. The molecule has 1 heterocycles. The maximum atomic E-state index is 11.8. The molecule has 3 rings (SSSR count). The summed E-state index contributed by atoms with van der Waals surface area (Å²) in [6.45, 7) is 0. The molecule has 0 bridgehead atoms. The maximum Gasteiger partial charge on any atom is 0.311 e. The summed E-state index contributed by atoms with van der Waals surface area (Å²) in [5, 5.41) is 10.8. The Labute approximate surface area is 109 Å². The third kappa shape index (κ3) is 2.05. The van der Waals surface area contributed by atoms with Crippen LogP contribution in [-0.2, 0) is 16.0 Å². The van der Waals surface area contributed by atoms with E-state index < -0.39 is 18.5 Å². The number of ketones is 1. The summed E-state index contributed by atoms with van der Waals surface area (Å²) < 4.78 is 5.56. The van der Waals surface area contributed by atoms with E-state index in [1.54, 1.807) is 0 Å². The van der Waals surface area contributed by atoms with Crippen LogP contribution in [0.25, 0.3) is 10.8 Å². The van der Waals surface area contributed by atoms with Gasteiger partial charge in [0.2, 0.25) is 0 Å². The number of aliphatic carboxylic acids is 1. The first kappa shape index (κ1) is 11.7. The predicted molar refractivity (Wildman–Crippen MR) is 69.3 cm³/mol. The van der Waals surface area contributed by atoms with Crippen molar-refractivity contribution in [3.63, 3.8) is 0 Å². The van der Waals surface area contributed by atoms with Crippen LogP contribution in [0.3, 0.4) is 0 Å². The molecule has 1 aliphatic heterocycles. The lowest BCUT2D eigenvalue weighted by Crippen LogP contribution is -2.27. The zero-order valence-electron chi connectivity index (χ0n) is 10.1. The first-order valence-electron chi connectivity index (χ1n) is 6.07. The second-order valence-electron chi connectivity index (χ2n) is 4.61. The van der Waals surface area contributed by atoms with Crippen molar-refractivity contribution in [3.8, 4) is 5.75 Å². The third-order valence-corrected chi connectivity index (χ3v) is 3.34. The van der Waals surface area contributed by atoms with Crippen LogP contribution in [-0.4, -0.2) is 23.0 Å². The largest absolute Gasteiger partial charge is 0.482 e. The number of benzene rings is 2. The number of rotatable bonds is 3. The highest BCUT2D eigenvalue weighted by molar-refractivity contribution is 5.99. The quantitative estimate of drug-likeness (QED) is 0.855. The molecule has 1 unspecified atom stereocenters. The highest BCUT2D eigenvalue weighted by Crippen LogP contribution is 2.35. The van der Waals surface area contributed by atoms with Crippen molar-refractivity contribution >= 4 is 22.5 Å². The van der Waals surface area contributed by atoms with E-state index in [0.717, 1.165) is 16.3 Å². The number of hydrogen-bond acceptors (Lipinski definition) is 3. The van der Waals surface area contributed by atoms with Gasteiger partial charge in [-0.05, 0) is 16.8 Å². The van der Waals surface area contributed by atoms with Gasteiger partial charge in [0.15, 0.2) is 11.9 Å². The minimum Gasteiger partial charge on any atom is -0.482 e. The van der Waals surface area contributed by atoms with Gasteiger partial charge in [0.1, 0.15) is 12.2 Å². The molecule has 1 aliphatic rings. The molecule has 0 aliphatic carbocycles. The first-order chi connectivity index (χ1) is 9.15. The second-order valence-corrected chi connectivity index (χ2v) is 4.61. The maximum absolute atomic E-state index is 11.8. The summed E-state index contributed by atoms with van der Waals surface area (Å²) in [6.07, 6.45) is -0.712. The lowest BCUT2D eigenvalue weighted by Gasteiger charge is -2.07. The van der Waals surface area contributed by atoms with Gasteiger partial charge in [-0.25, -0.2) is 0 Å². The number of carbonyl (C=O) groups is 2. The molecule has 0 spiro atoms. The van der Waals surface area contributed by atoms with Crippen LogP contribution in [0.2, 0.25) is 0 Å². The van der Waals surface area contributed by atoms with Gasteiger partial charge in [-0.15, -0.1) is 0 Å². The monoisotopic (exact) mass is 256 g/mol. The normalized spacial score (nSPS) is 16.9. The van der Waals surface area contributed by atoms with Gasteiger partial charge in [-0.3, -0.25) is 9.59 Å². The molecule has 0 aromatic heterocycles. The van der Waals surface area contributed by atoms with Gasteiger partial charge in [0, 0.05) is 12.0 Å². The van der Waals surface area contributed by atoms with Crippen molar-refractivity contribution in [1.82, 2.24) is 0 Å². The Morgan fingerprint density at radius 1 is 1.21 bits per heavy atom. The lowest BCUT2D eigenvalue weighted by atomic mass is 9.99. The molecule has 0 radical (unpaired) electrons. The Bertz CT molecular complexity index is 675. The van der Waals surface area contributed by atoms with Gasteiger partial charge < -0.3 is 9.84 Å². The van der Waals surface area contributed by atoms with Crippen molar-refractivity contribution in [2.45, 2.75) is 18.9 Å². The fourth-order valence-corrected chi connectivity index (χ4v) is 2.46. The topological polar surface area (TPSA) is 63.6 Å². The van der Waals surface area contributed by atoms with Crippen molar-refractivity contribution in [2.75, 3.05) is 0 Å². The van der Waals surface area contributed by atoms with Gasteiger partial charge in [0.05, 0.1) is 0 Å². The zero-order valence-corrected chi connectivity index (χ0v) is 10.1. The average Bonchev–Trinajstić information content (AvgIpc) is 2.82. The molecule has 96 valence electrons. The Morgan fingerprint density at radius 3 is 2.79 bits per heavy atom. The second kappa shape index (κ2) is 4.39. The van der Waals surface area contributed by atoms with E-state index in [1.807, 2.05) is 36.4 Å². The summed E-state index contributed by atoms with van der Waals surface area (Å²) in [7, 11) is 0. The van der Waals surface area contributed by atoms with E-state index in [4.69, 9.17) is 9.84 Å². The number of carboxylic acids is 1. The van der Waals surface area contributed by atoms with Gasteiger partial charge in [-0.2, -0.15) is 0 Å². The van der Waals surface area contributed by atoms with Gasteiger partial charge in [-0.1, -0.05) is 30.3 Å². The highest BCUT2D eigenvalue weighted by Gasteiger charge is 2.31. The summed E-state index contributed by atoms with van der Waals surface area (Å²) in [4.78, 5) is 22.3. The first-order valence-corrected chi connectivity index (χ1v) is 6.07. The molecule has 0 amide bonds. The smallest absolute Gasteiger partial charge is 0.311 e. The third-order valence-electron chi connectivity index (χ3n) is 3.34. The molecule has 2 aromatic rings. The molecule has 0 saturated heterocycles. The minimum atomic E-state index is -1.12. The zero-order chi connectivity index (χ0) is 13.4. The molecule has 1 N–H and O–H groups in total. The van der Waals surface area contributed by atoms with E-state index in [-0.39, 0.29) is 5.78 Å². The minimum absolute atomic E-state index is 0.382. The summed E-state index contributed by atoms with van der Waals surface area (Å²) in [6, 6.07) is 11.7. The standard InChI is InChI=1S/C15H12O4/c16-12(8-15(17)18)14-7-11-10-4-2-1-3-9(10)5-6-13(11)19-14/h1-6,14H,7-8H2,(H,17,18). The van der Waals surface area contributed by atoms with Crippen molar-refractivity contribution < 1.29 is 19.4 Å². The summed E-state index contributed by atoms with van der Waals surface area (Å²) in [5.41, 5.74) is 0.988. The van der Waals surface area contributed by atoms with E-state index in [1.165, 1.54) is 0 Å². The average molecular weight is 256 g/mol. The molecule has 0 fully saturated rings. The molecule has 2 aromatic carbocycles. The number of fused-ring (bicyclic) bond motifs is 3. The van der Waals surface area contributed by atoms with Crippen LogP contribution < -0.4 is 4.74 Å². The number of hydrogen-bond donors (Lipinski definition) is 1. The van der Waals surface area contributed by atoms with Crippen molar-refractivity contribution in [2.24, 2.45) is 0 Å². The van der Waals surface area contributed by atoms with Gasteiger partial charge in [0.25, 0.3) is 0 Å². The predicted octanol–water partition coefficient (Wildman–Crippen LogP) is 2.19. The van der Waals surface area contributed by atoms with E-state index in [0.29, 0.717) is 12.2 Å². The van der Waals surface area contributed by atoms with E-state index >= 15 is 0 Å². The molecule has 0 saturated carbocycles. The number of carboxylic acid groups (broad SMARTS) is 1. The van der Waals surface area contributed by atoms with Crippen molar-refractivity contribution in [1.29, 1.82) is 0 Å². The number of carbonyl (C=O) groups excluding carboxylic acids is 1. The number of ether oxygens (including phenoxy) is 1. The van der Waals surface area contributed by atoms with Crippen molar-refractivity contribution in [3.05, 3.63) is 42.0 Å². The molecular weight excluding hydrogens is 244 g/mol. The van der Waals surface area contributed by atoms with Crippen LogP contribution in [0, 0.1) is 0 Å². The van der Waals surface area contributed by atoms with Crippen LogP contribution in [0.5, 0.6) is 5.75 Å². The number of Topliss-reactive ketones (excluding diaryl/α,β-unsaturated/α-hetero) is 1. The fraction of sp³-hybridized carbons (Fsp3) is 0.200. The van der Waals surface area contributed by atoms with Crippen LogP contribution in [0.4, 0.5) is 0 Å². The Balaban J connectivity index is 1.94. The van der Waals surface area contributed by atoms with Crippen LogP contribution in [0.15, 0.2) is 36.4 Å². The van der Waals surface area contributed by atoms with E-state index in [2.05, 4.69) is 0 Å². The van der Waals surface area contributed by atoms with Crippen LogP contribution >= 0.6 is 0 Å². The molecular formula is C15H12O4. The molecule has 19 heavy (non-hydrogen) atoms. The highest BCUT2D eigenvalue weighted by atomic mass is 16.5. The summed E-state index contributed by atoms with van der Waals surface area (Å²) in [5.74, 6) is -0.815. The Kier molecular flexibility index (Phi) is 2.71. The van der Waals surface area contributed by atoms with E-state index in [9.17, 15) is 9.59 Å². The van der Waals surface area contributed by atoms with Gasteiger partial charge >= 0.3 is 5.97 Å². The SMILES string of the molecule is O=C(O)CC(=O)C1Cc2c(ccc3ccccc23)O1. The molecule has 1 atom stereocenters. The fourth-order valence-electron chi connectivity index (χ4n) is 2.46. The van der Waals surface area contributed by atoms with Crippen LogP contribution in [0.1, 0.15) is 12.0 Å². The summed E-state index contributed by atoms with van der Waals surface area (Å²) >= 11 is 0. The Hall–Kier alpha value is -2.36. The lowest BCUT2D eigenvalue weighted by molar-refractivity contribution is -0.141. The molecule has 4 heteroatoms. The Morgan fingerprint density at radius 2 is 2.00 bits per heavy atom.